The van der Waals surface area contributed by atoms with Crippen molar-refractivity contribution in [2.45, 2.75) is 12.8 Å². The first-order valence-corrected chi connectivity index (χ1v) is 7.41. The lowest BCUT2D eigenvalue weighted by Crippen LogP contribution is -1.95. The third kappa shape index (κ3) is 3.68. The van der Waals surface area contributed by atoms with Crippen LogP contribution in [0.2, 0.25) is 5.02 Å². The fourth-order valence-electron chi connectivity index (χ4n) is 2.21. The van der Waals surface area contributed by atoms with Crippen molar-refractivity contribution in [2.24, 2.45) is 0 Å². The lowest BCUT2D eigenvalue weighted by molar-refractivity contribution is 0.379. The Morgan fingerprint density at radius 2 is 1.91 bits per heavy atom. The van der Waals surface area contributed by atoms with Crippen molar-refractivity contribution in [1.29, 1.82) is 0 Å². The topological polar surface area (TPSA) is 48.2 Å². The average Bonchev–Trinajstić information content (AvgIpc) is 2.99. The molecule has 4 nitrogen and oxygen atoms in total. The Hall–Kier alpha value is -2.40. The number of rotatable bonds is 5. The molecule has 0 fully saturated rings. The lowest BCUT2D eigenvalue weighted by Gasteiger charge is -2.02. The Morgan fingerprint density at radius 1 is 1.13 bits per heavy atom. The van der Waals surface area contributed by atoms with Gasteiger partial charge < -0.3 is 9.26 Å². The van der Waals surface area contributed by atoms with Crippen LogP contribution in [0.5, 0.6) is 5.75 Å². The SMILES string of the molecule is COc1ccc(Cc2noc(Cc3c(F)cccc3Cl)n2)cc1. The first-order valence-electron chi connectivity index (χ1n) is 7.03. The molecule has 3 rings (SSSR count). The van der Waals surface area contributed by atoms with Crippen LogP contribution in [0, 0.1) is 5.82 Å². The Bertz CT molecular complexity index is 782. The van der Waals surface area contributed by atoms with Gasteiger partial charge >= 0.3 is 0 Å². The first kappa shape index (κ1) is 15.5. The van der Waals surface area contributed by atoms with E-state index in [0.717, 1.165) is 11.3 Å². The standard InChI is InChI=1S/C17H14ClFN2O2/c1-22-12-7-5-11(6-8-12)9-16-20-17(23-21-16)10-13-14(18)3-2-4-15(13)19/h2-8H,9-10H2,1H3. The van der Waals surface area contributed by atoms with E-state index in [-0.39, 0.29) is 12.2 Å². The van der Waals surface area contributed by atoms with Crippen LogP contribution in [0.25, 0.3) is 0 Å². The average molecular weight is 333 g/mol. The van der Waals surface area contributed by atoms with E-state index in [1.165, 1.54) is 6.07 Å². The number of ether oxygens (including phenoxy) is 1. The summed E-state index contributed by atoms with van der Waals surface area (Å²) in [6.45, 7) is 0. The number of hydrogen-bond donors (Lipinski definition) is 0. The summed E-state index contributed by atoms with van der Waals surface area (Å²) in [7, 11) is 1.62. The highest BCUT2D eigenvalue weighted by molar-refractivity contribution is 6.31. The van der Waals surface area contributed by atoms with Crippen LogP contribution >= 0.6 is 11.6 Å². The molecule has 6 heteroatoms. The van der Waals surface area contributed by atoms with Crippen molar-refractivity contribution in [2.75, 3.05) is 7.11 Å². The Morgan fingerprint density at radius 3 is 2.61 bits per heavy atom. The van der Waals surface area contributed by atoms with Crippen LogP contribution in [0.3, 0.4) is 0 Å². The molecule has 0 spiro atoms. The maximum absolute atomic E-state index is 13.8. The van der Waals surface area contributed by atoms with Gasteiger partial charge in [0.1, 0.15) is 11.6 Å². The van der Waals surface area contributed by atoms with E-state index in [1.54, 1.807) is 19.2 Å². The zero-order valence-electron chi connectivity index (χ0n) is 12.4. The molecule has 0 aliphatic heterocycles. The van der Waals surface area contributed by atoms with Gasteiger partial charge in [-0.25, -0.2) is 4.39 Å². The van der Waals surface area contributed by atoms with E-state index in [0.29, 0.717) is 28.7 Å². The van der Waals surface area contributed by atoms with Crippen LogP contribution in [-0.2, 0) is 12.8 Å². The summed E-state index contributed by atoms with van der Waals surface area (Å²) in [5, 5.41) is 4.27. The molecule has 3 aromatic rings. The Labute approximate surface area is 137 Å². The summed E-state index contributed by atoms with van der Waals surface area (Å²) < 4.78 is 24.1. The van der Waals surface area contributed by atoms with E-state index in [1.807, 2.05) is 24.3 Å². The van der Waals surface area contributed by atoms with Gasteiger partial charge in [-0.05, 0) is 29.8 Å². The zero-order chi connectivity index (χ0) is 16.2. The smallest absolute Gasteiger partial charge is 0.231 e. The van der Waals surface area contributed by atoms with Crippen LogP contribution in [0.15, 0.2) is 47.0 Å². The summed E-state index contributed by atoms with van der Waals surface area (Å²) in [6.07, 6.45) is 0.694. The van der Waals surface area contributed by atoms with Crippen LogP contribution in [-0.4, -0.2) is 17.3 Å². The van der Waals surface area contributed by atoms with Crippen LogP contribution < -0.4 is 4.74 Å². The summed E-state index contributed by atoms with van der Waals surface area (Å²) >= 11 is 6.00. The summed E-state index contributed by atoms with van der Waals surface area (Å²) in [5.41, 5.74) is 1.39. The number of benzene rings is 2. The van der Waals surface area contributed by atoms with Gasteiger partial charge in [0.25, 0.3) is 0 Å². The van der Waals surface area contributed by atoms with E-state index in [4.69, 9.17) is 20.9 Å². The predicted octanol–water partition coefficient (Wildman–Crippen LogP) is 4.05. The number of nitrogens with zero attached hydrogens (tertiary/aromatic N) is 2. The molecule has 0 saturated carbocycles. The van der Waals surface area contributed by atoms with Crippen molar-refractivity contribution in [3.05, 3.63) is 76.1 Å². The fraction of sp³-hybridized carbons (Fsp3) is 0.176. The molecule has 0 radical (unpaired) electrons. The molecule has 0 aliphatic rings. The van der Waals surface area contributed by atoms with Gasteiger partial charge in [-0.2, -0.15) is 4.98 Å². The molecule has 0 saturated heterocycles. The monoisotopic (exact) mass is 332 g/mol. The zero-order valence-corrected chi connectivity index (χ0v) is 13.2. The second-order valence-electron chi connectivity index (χ2n) is 5.01. The molecule has 118 valence electrons. The second kappa shape index (κ2) is 6.79. The second-order valence-corrected chi connectivity index (χ2v) is 5.41. The fourth-order valence-corrected chi connectivity index (χ4v) is 2.44. The van der Waals surface area contributed by atoms with E-state index in [2.05, 4.69) is 10.1 Å². The molecule has 0 atom stereocenters. The van der Waals surface area contributed by atoms with Gasteiger partial charge in [0.05, 0.1) is 13.5 Å². The minimum absolute atomic E-state index is 0.168. The summed E-state index contributed by atoms with van der Waals surface area (Å²) in [4.78, 5) is 4.29. The quantitative estimate of drug-likeness (QED) is 0.707. The van der Waals surface area contributed by atoms with Crippen molar-refractivity contribution in [3.8, 4) is 5.75 Å². The van der Waals surface area contributed by atoms with Crippen LogP contribution in [0.4, 0.5) is 4.39 Å². The molecule has 1 aromatic heterocycles. The summed E-state index contributed by atoms with van der Waals surface area (Å²) in [6, 6.07) is 12.2. The highest BCUT2D eigenvalue weighted by Gasteiger charge is 2.13. The third-order valence-corrected chi connectivity index (χ3v) is 3.78. The minimum Gasteiger partial charge on any atom is -0.497 e. The Kier molecular flexibility index (Phi) is 4.57. The number of methoxy groups -OCH3 is 1. The number of hydrogen-bond acceptors (Lipinski definition) is 4. The van der Waals surface area contributed by atoms with E-state index in [9.17, 15) is 4.39 Å². The van der Waals surface area contributed by atoms with Gasteiger partial charge in [0, 0.05) is 17.0 Å². The summed E-state index contributed by atoms with van der Waals surface area (Å²) in [5.74, 6) is 1.28. The van der Waals surface area contributed by atoms with Crippen molar-refractivity contribution < 1.29 is 13.7 Å². The number of aromatic nitrogens is 2. The van der Waals surface area contributed by atoms with Crippen molar-refractivity contribution >= 4 is 11.6 Å². The van der Waals surface area contributed by atoms with Gasteiger partial charge in [-0.1, -0.05) is 35.0 Å². The van der Waals surface area contributed by atoms with Gasteiger partial charge in [-0.15, -0.1) is 0 Å². The molecule has 1 heterocycles. The molecule has 2 aromatic carbocycles. The highest BCUT2D eigenvalue weighted by Crippen LogP contribution is 2.22. The lowest BCUT2D eigenvalue weighted by atomic mass is 10.1. The number of halogens is 2. The molecular formula is C17H14ClFN2O2. The molecule has 23 heavy (non-hydrogen) atoms. The van der Waals surface area contributed by atoms with Crippen molar-refractivity contribution in [1.82, 2.24) is 10.1 Å². The van der Waals surface area contributed by atoms with E-state index >= 15 is 0 Å². The molecule has 0 bridgehead atoms. The molecule has 0 unspecified atom stereocenters. The van der Waals surface area contributed by atoms with E-state index < -0.39 is 0 Å². The van der Waals surface area contributed by atoms with Gasteiger partial charge in [0.15, 0.2) is 5.82 Å². The van der Waals surface area contributed by atoms with Crippen LogP contribution in [0.1, 0.15) is 22.8 Å². The predicted molar refractivity (Wildman–Crippen MR) is 84.3 cm³/mol. The molecule has 0 N–H and O–H groups in total. The highest BCUT2D eigenvalue weighted by atomic mass is 35.5. The minimum atomic E-state index is -0.382. The molecule has 0 aliphatic carbocycles. The molecular weight excluding hydrogens is 319 g/mol. The Balaban J connectivity index is 1.72. The maximum atomic E-state index is 13.8. The van der Waals surface area contributed by atoms with Gasteiger partial charge in [-0.3, -0.25) is 0 Å². The maximum Gasteiger partial charge on any atom is 0.231 e. The molecule has 0 amide bonds. The first-order chi connectivity index (χ1) is 11.2. The van der Waals surface area contributed by atoms with Crippen molar-refractivity contribution in [3.63, 3.8) is 0 Å². The third-order valence-electron chi connectivity index (χ3n) is 3.42. The normalized spacial score (nSPS) is 10.7. The van der Waals surface area contributed by atoms with Gasteiger partial charge in [0.2, 0.25) is 5.89 Å². The largest absolute Gasteiger partial charge is 0.497 e.